The SMILES string of the molecule is O=Cc1ccc2c(c1)O[C@@H](CO)CO2. The van der Waals surface area contributed by atoms with Crippen LogP contribution in [-0.4, -0.2) is 30.7 Å². The van der Waals surface area contributed by atoms with Gasteiger partial charge >= 0.3 is 0 Å². The van der Waals surface area contributed by atoms with Crippen LogP contribution < -0.4 is 9.47 Å². The minimum Gasteiger partial charge on any atom is -0.486 e. The molecule has 1 aliphatic heterocycles. The summed E-state index contributed by atoms with van der Waals surface area (Å²) >= 11 is 0. The van der Waals surface area contributed by atoms with Gasteiger partial charge in [-0.3, -0.25) is 4.79 Å². The molecule has 1 N–H and O–H groups in total. The minimum absolute atomic E-state index is 0.0925. The molecule has 1 aromatic carbocycles. The van der Waals surface area contributed by atoms with Crippen LogP contribution in [0.5, 0.6) is 11.5 Å². The molecule has 0 bridgehead atoms. The summed E-state index contributed by atoms with van der Waals surface area (Å²) in [5, 5.41) is 8.87. The highest BCUT2D eigenvalue weighted by Gasteiger charge is 2.20. The van der Waals surface area contributed by atoms with Gasteiger partial charge in [0.25, 0.3) is 0 Å². The summed E-state index contributed by atoms with van der Waals surface area (Å²) in [6, 6.07) is 4.95. The van der Waals surface area contributed by atoms with Crippen molar-refractivity contribution in [1.82, 2.24) is 0 Å². The van der Waals surface area contributed by atoms with Gasteiger partial charge in [-0.2, -0.15) is 0 Å². The normalized spacial score (nSPS) is 19.1. The molecule has 14 heavy (non-hydrogen) atoms. The average Bonchev–Trinajstić information content (AvgIpc) is 2.27. The van der Waals surface area contributed by atoms with Crippen molar-refractivity contribution >= 4 is 6.29 Å². The van der Waals surface area contributed by atoms with Crippen molar-refractivity contribution in [1.29, 1.82) is 0 Å². The Balaban J connectivity index is 2.29. The molecule has 0 aliphatic carbocycles. The maximum absolute atomic E-state index is 10.5. The summed E-state index contributed by atoms with van der Waals surface area (Å²) in [5.41, 5.74) is 0.533. The molecule has 4 nitrogen and oxygen atoms in total. The first kappa shape index (κ1) is 9.02. The zero-order chi connectivity index (χ0) is 9.97. The van der Waals surface area contributed by atoms with E-state index < -0.39 is 0 Å². The zero-order valence-corrected chi connectivity index (χ0v) is 7.47. The van der Waals surface area contributed by atoms with Crippen LogP contribution >= 0.6 is 0 Å². The maximum atomic E-state index is 10.5. The number of aldehydes is 1. The predicted molar refractivity (Wildman–Crippen MR) is 48.8 cm³/mol. The van der Waals surface area contributed by atoms with Gasteiger partial charge in [0.2, 0.25) is 0 Å². The van der Waals surface area contributed by atoms with Gasteiger partial charge in [0.15, 0.2) is 17.6 Å². The molecule has 0 saturated heterocycles. The van der Waals surface area contributed by atoms with Gasteiger partial charge in [-0.15, -0.1) is 0 Å². The third-order valence-electron chi connectivity index (χ3n) is 2.03. The van der Waals surface area contributed by atoms with Crippen molar-refractivity contribution in [3.63, 3.8) is 0 Å². The highest BCUT2D eigenvalue weighted by atomic mass is 16.6. The van der Waals surface area contributed by atoms with Crippen molar-refractivity contribution in [3.8, 4) is 11.5 Å². The molecule has 0 fully saturated rings. The first-order valence-electron chi connectivity index (χ1n) is 4.33. The molecule has 0 amide bonds. The molecule has 0 aromatic heterocycles. The lowest BCUT2D eigenvalue weighted by Gasteiger charge is -2.25. The van der Waals surface area contributed by atoms with E-state index in [1.807, 2.05) is 0 Å². The number of fused-ring (bicyclic) bond motifs is 1. The largest absolute Gasteiger partial charge is 0.486 e. The van der Waals surface area contributed by atoms with Crippen molar-refractivity contribution in [2.75, 3.05) is 13.2 Å². The first-order chi connectivity index (χ1) is 6.83. The Morgan fingerprint density at radius 3 is 3.07 bits per heavy atom. The van der Waals surface area contributed by atoms with Gasteiger partial charge in [-0.05, 0) is 18.2 Å². The lowest BCUT2D eigenvalue weighted by Crippen LogP contribution is -2.32. The number of ether oxygens (including phenoxy) is 2. The second-order valence-electron chi connectivity index (χ2n) is 3.06. The topological polar surface area (TPSA) is 55.8 Å². The van der Waals surface area contributed by atoms with E-state index in [4.69, 9.17) is 14.6 Å². The van der Waals surface area contributed by atoms with E-state index >= 15 is 0 Å². The lowest BCUT2D eigenvalue weighted by molar-refractivity contribution is 0.0456. The van der Waals surface area contributed by atoms with Crippen LogP contribution in [0.1, 0.15) is 10.4 Å². The van der Waals surface area contributed by atoms with Crippen molar-refractivity contribution in [3.05, 3.63) is 23.8 Å². The van der Waals surface area contributed by atoms with Crippen molar-refractivity contribution in [2.24, 2.45) is 0 Å². The summed E-state index contributed by atoms with van der Waals surface area (Å²) in [6.07, 6.45) is 0.399. The Morgan fingerprint density at radius 1 is 1.50 bits per heavy atom. The Kier molecular flexibility index (Phi) is 2.37. The molecular weight excluding hydrogens is 184 g/mol. The number of rotatable bonds is 2. The molecular formula is C10H10O4. The standard InChI is InChI=1S/C10H10O4/c11-4-7-1-2-9-10(3-7)14-8(5-12)6-13-9/h1-4,8,12H,5-6H2/t8-/m0/s1. The van der Waals surface area contributed by atoms with Gasteiger partial charge in [0.05, 0.1) is 6.61 Å². The predicted octanol–water partition coefficient (Wildman–Crippen LogP) is 0.631. The quantitative estimate of drug-likeness (QED) is 0.701. The van der Waals surface area contributed by atoms with Gasteiger partial charge in [-0.1, -0.05) is 0 Å². The summed E-state index contributed by atoms with van der Waals surface area (Å²) in [7, 11) is 0. The average molecular weight is 194 g/mol. The Bertz CT molecular complexity index is 348. The van der Waals surface area contributed by atoms with E-state index in [2.05, 4.69) is 0 Å². The maximum Gasteiger partial charge on any atom is 0.162 e. The van der Waals surface area contributed by atoms with E-state index in [0.717, 1.165) is 6.29 Å². The highest BCUT2D eigenvalue weighted by molar-refractivity contribution is 5.76. The number of aliphatic hydroxyl groups is 1. The summed E-state index contributed by atoms with van der Waals surface area (Å²) < 4.78 is 10.7. The molecule has 1 heterocycles. The van der Waals surface area contributed by atoms with Crippen LogP contribution in [-0.2, 0) is 0 Å². The number of hydrogen-bond acceptors (Lipinski definition) is 4. The van der Waals surface area contributed by atoms with Gasteiger partial charge in [0.1, 0.15) is 12.9 Å². The molecule has 1 aromatic rings. The van der Waals surface area contributed by atoms with Crippen LogP contribution in [0.4, 0.5) is 0 Å². The molecule has 1 atom stereocenters. The van der Waals surface area contributed by atoms with Crippen LogP contribution in [0, 0.1) is 0 Å². The fraction of sp³-hybridized carbons (Fsp3) is 0.300. The van der Waals surface area contributed by atoms with E-state index in [9.17, 15) is 4.79 Å². The van der Waals surface area contributed by atoms with Gasteiger partial charge in [0, 0.05) is 5.56 Å². The second-order valence-corrected chi connectivity index (χ2v) is 3.06. The molecule has 0 radical (unpaired) electrons. The molecule has 4 heteroatoms. The number of hydrogen-bond donors (Lipinski definition) is 1. The van der Waals surface area contributed by atoms with Crippen LogP contribution in [0.15, 0.2) is 18.2 Å². The van der Waals surface area contributed by atoms with Crippen LogP contribution in [0.3, 0.4) is 0 Å². The van der Waals surface area contributed by atoms with Crippen molar-refractivity contribution < 1.29 is 19.4 Å². The Morgan fingerprint density at radius 2 is 2.36 bits per heavy atom. The second kappa shape index (κ2) is 3.67. The van der Waals surface area contributed by atoms with E-state index in [1.54, 1.807) is 18.2 Å². The third kappa shape index (κ3) is 1.56. The Hall–Kier alpha value is -1.55. The van der Waals surface area contributed by atoms with E-state index in [0.29, 0.717) is 23.7 Å². The fourth-order valence-corrected chi connectivity index (χ4v) is 1.30. The molecule has 74 valence electrons. The van der Waals surface area contributed by atoms with Crippen LogP contribution in [0.25, 0.3) is 0 Å². The van der Waals surface area contributed by atoms with E-state index in [-0.39, 0.29) is 12.7 Å². The Labute approximate surface area is 81.1 Å². The van der Waals surface area contributed by atoms with E-state index in [1.165, 1.54) is 0 Å². The first-order valence-corrected chi connectivity index (χ1v) is 4.33. The molecule has 1 aliphatic rings. The van der Waals surface area contributed by atoms with Gasteiger partial charge < -0.3 is 14.6 Å². The summed E-state index contributed by atoms with van der Waals surface area (Å²) in [5.74, 6) is 1.13. The fourth-order valence-electron chi connectivity index (χ4n) is 1.30. The smallest absolute Gasteiger partial charge is 0.162 e. The summed E-state index contributed by atoms with van der Waals surface area (Å²) in [4.78, 5) is 10.5. The lowest BCUT2D eigenvalue weighted by atomic mass is 10.2. The summed E-state index contributed by atoms with van der Waals surface area (Å²) in [6.45, 7) is 0.245. The number of carbonyl (C=O) groups excluding carboxylic acids is 1. The molecule has 0 unspecified atom stereocenters. The molecule has 0 saturated carbocycles. The zero-order valence-electron chi connectivity index (χ0n) is 7.47. The number of benzene rings is 1. The molecule has 2 rings (SSSR count). The highest BCUT2D eigenvalue weighted by Crippen LogP contribution is 2.31. The van der Waals surface area contributed by atoms with Crippen LogP contribution in [0.2, 0.25) is 0 Å². The minimum atomic E-state index is -0.343. The number of carbonyl (C=O) groups is 1. The van der Waals surface area contributed by atoms with Gasteiger partial charge in [-0.25, -0.2) is 0 Å². The number of aliphatic hydroxyl groups excluding tert-OH is 1. The van der Waals surface area contributed by atoms with Crippen molar-refractivity contribution in [2.45, 2.75) is 6.10 Å². The molecule has 0 spiro atoms. The third-order valence-corrected chi connectivity index (χ3v) is 2.03. The monoisotopic (exact) mass is 194 g/mol.